The molecule has 15 heavy (non-hydrogen) atoms. The second kappa shape index (κ2) is 5.31. The quantitative estimate of drug-likeness (QED) is 0.840. The molecule has 0 saturated heterocycles. The van der Waals surface area contributed by atoms with Gasteiger partial charge < -0.3 is 4.74 Å². The number of carbonyl (C=O) groups is 1. The molecular formula is C12H15BrO2. The molecule has 0 saturated carbocycles. The molecule has 0 aliphatic heterocycles. The zero-order valence-electron chi connectivity index (χ0n) is 9.21. The van der Waals surface area contributed by atoms with Gasteiger partial charge in [-0.05, 0) is 37.1 Å². The summed E-state index contributed by atoms with van der Waals surface area (Å²) >= 11 is 3.41. The number of hydrogen-bond acceptors (Lipinski definition) is 2. The first-order chi connectivity index (χ1) is 7.04. The van der Waals surface area contributed by atoms with Crippen molar-refractivity contribution in [1.29, 1.82) is 0 Å². The highest BCUT2D eigenvalue weighted by Gasteiger charge is 2.12. The number of carbonyl (C=O) groups excluding carboxylic acids is 1. The van der Waals surface area contributed by atoms with E-state index in [1.807, 2.05) is 25.1 Å². The fourth-order valence-electron chi connectivity index (χ4n) is 1.38. The third-order valence-electron chi connectivity index (χ3n) is 2.46. The Balaban J connectivity index is 2.91. The van der Waals surface area contributed by atoms with Gasteiger partial charge in [-0.15, -0.1) is 0 Å². The van der Waals surface area contributed by atoms with Crippen molar-refractivity contribution >= 4 is 21.7 Å². The second-order valence-corrected chi connectivity index (χ2v) is 4.59. The summed E-state index contributed by atoms with van der Waals surface area (Å²) in [5.74, 6) is 1.08. The first kappa shape index (κ1) is 12.2. The van der Waals surface area contributed by atoms with Crippen molar-refractivity contribution in [3.8, 4) is 5.75 Å². The number of hydrogen-bond donors (Lipinski definition) is 0. The lowest BCUT2D eigenvalue weighted by Gasteiger charge is -2.12. The van der Waals surface area contributed by atoms with Crippen molar-refractivity contribution in [3.63, 3.8) is 0 Å². The number of benzene rings is 1. The van der Waals surface area contributed by atoms with Gasteiger partial charge in [0.05, 0.1) is 7.11 Å². The molecular weight excluding hydrogens is 256 g/mol. The van der Waals surface area contributed by atoms with Crippen LogP contribution in [-0.4, -0.2) is 12.9 Å². The Labute approximate surface area is 98.8 Å². The van der Waals surface area contributed by atoms with E-state index in [0.29, 0.717) is 0 Å². The Morgan fingerprint density at radius 3 is 2.73 bits per heavy atom. The molecule has 1 unspecified atom stereocenters. The molecule has 0 aromatic heterocycles. The van der Waals surface area contributed by atoms with Gasteiger partial charge in [0.15, 0.2) is 0 Å². The number of ketones is 1. The van der Waals surface area contributed by atoms with Crippen molar-refractivity contribution in [2.24, 2.45) is 5.92 Å². The van der Waals surface area contributed by atoms with E-state index in [-0.39, 0.29) is 11.7 Å². The smallest absolute Gasteiger partial charge is 0.132 e. The topological polar surface area (TPSA) is 26.3 Å². The Morgan fingerprint density at radius 2 is 2.20 bits per heavy atom. The highest BCUT2D eigenvalue weighted by molar-refractivity contribution is 9.10. The lowest BCUT2D eigenvalue weighted by atomic mass is 9.97. The van der Waals surface area contributed by atoms with Gasteiger partial charge in [-0.25, -0.2) is 0 Å². The summed E-state index contributed by atoms with van der Waals surface area (Å²) < 4.78 is 6.26. The van der Waals surface area contributed by atoms with E-state index < -0.39 is 0 Å². The third-order valence-corrected chi connectivity index (χ3v) is 2.96. The maximum absolute atomic E-state index is 11.2. The van der Waals surface area contributed by atoms with Gasteiger partial charge in [0.25, 0.3) is 0 Å². The summed E-state index contributed by atoms with van der Waals surface area (Å²) in [5, 5.41) is 0. The highest BCUT2D eigenvalue weighted by atomic mass is 79.9. The van der Waals surface area contributed by atoms with E-state index in [1.165, 1.54) is 0 Å². The Kier molecular flexibility index (Phi) is 4.33. The van der Waals surface area contributed by atoms with Crippen LogP contribution >= 0.6 is 15.9 Å². The summed E-state index contributed by atoms with van der Waals surface area (Å²) in [6.07, 6.45) is 0.720. The number of ether oxygens (including phenoxy) is 1. The minimum absolute atomic E-state index is 0.0354. The number of rotatable bonds is 4. The van der Waals surface area contributed by atoms with Gasteiger partial charge >= 0.3 is 0 Å². The molecule has 0 spiro atoms. The SMILES string of the molecule is COc1ccc(Br)cc1CC(C)C(C)=O. The van der Waals surface area contributed by atoms with Crippen LogP contribution in [0.1, 0.15) is 19.4 Å². The van der Waals surface area contributed by atoms with Crippen molar-refractivity contribution in [3.05, 3.63) is 28.2 Å². The van der Waals surface area contributed by atoms with Gasteiger partial charge in [-0.1, -0.05) is 22.9 Å². The molecule has 2 nitrogen and oxygen atoms in total. The van der Waals surface area contributed by atoms with Gasteiger partial charge in [0, 0.05) is 10.4 Å². The molecule has 0 bridgehead atoms. The number of Topliss-reactive ketones (excluding diaryl/α,β-unsaturated/α-hetero) is 1. The normalized spacial score (nSPS) is 12.3. The monoisotopic (exact) mass is 270 g/mol. The Morgan fingerprint density at radius 1 is 1.53 bits per heavy atom. The van der Waals surface area contributed by atoms with E-state index >= 15 is 0 Å². The van der Waals surface area contributed by atoms with Crippen LogP contribution in [0.3, 0.4) is 0 Å². The lowest BCUT2D eigenvalue weighted by Crippen LogP contribution is -2.10. The molecule has 82 valence electrons. The first-order valence-corrected chi connectivity index (χ1v) is 5.66. The maximum atomic E-state index is 11.2. The predicted octanol–water partition coefficient (Wildman–Crippen LogP) is 3.23. The summed E-state index contributed by atoms with van der Waals surface area (Å²) in [6, 6.07) is 5.84. The largest absolute Gasteiger partial charge is 0.496 e. The van der Waals surface area contributed by atoms with E-state index in [2.05, 4.69) is 15.9 Å². The molecule has 1 aromatic rings. The van der Waals surface area contributed by atoms with E-state index in [9.17, 15) is 4.79 Å². The van der Waals surface area contributed by atoms with Crippen LogP contribution in [0.4, 0.5) is 0 Å². The molecule has 0 aliphatic rings. The Hall–Kier alpha value is -0.830. The van der Waals surface area contributed by atoms with Crippen molar-refractivity contribution in [2.45, 2.75) is 20.3 Å². The summed E-state index contributed by atoms with van der Waals surface area (Å²) in [6.45, 7) is 3.55. The molecule has 0 aliphatic carbocycles. The van der Waals surface area contributed by atoms with Crippen LogP contribution in [0, 0.1) is 5.92 Å². The molecule has 0 fully saturated rings. The molecule has 0 amide bonds. The minimum atomic E-state index is 0.0354. The average molecular weight is 271 g/mol. The summed E-state index contributed by atoms with van der Waals surface area (Å²) in [4.78, 5) is 11.2. The molecule has 1 aromatic carbocycles. The van der Waals surface area contributed by atoms with E-state index in [1.54, 1.807) is 14.0 Å². The zero-order chi connectivity index (χ0) is 11.4. The van der Waals surface area contributed by atoms with E-state index in [4.69, 9.17) is 4.74 Å². The Bertz CT molecular complexity index is 361. The van der Waals surface area contributed by atoms with E-state index in [0.717, 1.165) is 22.2 Å². The van der Waals surface area contributed by atoms with Crippen molar-refractivity contribution < 1.29 is 9.53 Å². The lowest BCUT2D eigenvalue weighted by molar-refractivity contribution is -0.120. The molecule has 1 rings (SSSR count). The van der Waals surface area contributed by atoms with Crippen LogP contribution in [0.15, 0.2) is 22.7 Å². The first-order valence-electron chi connectivity index (χ1n) is 4.87. The number of halogens is 1. The average Bonchev–Trinajstić information content (AvgIpc) is 2.18. The summed E-state index contributed by atoms with van der Waals surface area (Å²) in [5.41, 5.74) is 1.06. The predicted molar refractivity (Wildman–Crippen MR) is 64.2 cm³/mol. The van der Waals surface area contributed by atoms with Gasteiger partial charge in [0.2, 0.25) is 0 Å². The van der Waals surface area contributed by atoms with Gasteiger partial charge in [0.1, 0.15) is 11.5 Å². The molecule has 3 heteroatoms. The van der Waals surface area contributed by atoms with Crippen LogP contribution in [-0.2, 0) is 11.2 Å². The fraction of sp³-hybridized carbons (Fsp3) is 0.417. The highest BCUT2D eigenvalue weighted by Crippen LogP contribution is 2.25. The second-order valence-electron chi connectivity index (χ2n) is 3.67. The minimum Gasteiger partial charge on any atom is -0.496 e. The van der Waals surface area contributed by atoms with Crippen molar-refractivity contribution in [2.75, 3.05) is 7.11 Å². The summed E-state index contributed by atoms with van der Waals surface area (Å²) in [7, 11) is 1.64. The van der Waals surface area contributed by atoms with Crippen LogP contribution in [0.5, 0.6) is 5.75 Å². The molecule has 0 heterocycles. The standard InChI is InChI=1S/C12H15BrO2/c1-8(9(2)14)6-10-7-11(13)4-5-12(10)15-3/h4-5,7-8H,6H2,1-3H3. The van der Waals surface area contributed by atoms with Gasteiger partial charge in [-0.3, -0.25) is 4.79 Å². The van der Waals surface area contributed by atoms with Crippen LogP contribution in [0.2, 0.25) is 0 Å². The third kappa shape index (κ3) is 3.34. The van der Waals surface area contributed by atoms with Crippen LogP contribution in [0.25, 0.3) is 0 Å². The number of methoxy groups -OCH3 is 1. The van der Waals surface area contributed by atoms with Crippen molar-refractivity contribution in [1.82, 2.24) is 0 Å². The maximum Gasteiger partial charge on any atom is 0.132 e. The molecule has 1 atom stereocenters. The van der Waals surface area contributed by atoms with Gasteiger partial charge in [-0.2, -0.15) is 0 Å². The zero-order valence-corrected chi connectivity index (χ0v) is 10.8. The molecule has 0 radical (unpaired) electrons. The van der Waals surface area contributed by atoms with Crippen LogP contribution < -0.4 is 4.74 Å². The fourth-order valence-corrected chi connectivity index (χ4v) is 1.79. The molecule has 0 N–H and O–H groups in total.